The molecule has 6 aromatic carbocycles. The minimum absolute atomic E-state index is 0.0756. The Labute approximate surface area is 361 Å². The average Bonchev–Trinajstić information content (AvgIpc) is 3.22. The van der Waals surface area contributed by atoms with Gasteiger partial charge in [-0.25, -0.2) is 0 Å². The normalized spacial score (nSPS) is 12.1. The standard InChI is InChI=1S/C41H39P3.C11H27P3/c1-41(32-42(35-20-8-2-9-21-35)36-22-10-3-11-23-36,33-43(37-24-12-4-13-25-37)38-26-14-5-15-27-38)34-44(39-28-16-6-17-29-39)40-30-18-7-19-31-40;1-11(8-12(2)3,9-13(4)5)10-14(6)7/h2-31H,32-34H2,1H3;8-10H2,1-7H3. The first kappa shape index (κ1) is 47.0. The van der Waals surface area contributed by atoms with Crippen LogP contribution in [0.5, 0.6) is 0 Å². The lowest BCUT2D eigenvalue weighted by Crippen LogP contribution is -2.36. The van der Waals surface area contributed by atoms with E-state index in [0.717, 1.165) is 18.5 Å². The summed E-state index contributed by atoms with van der Waals surface area (Å²) in [6, 6.07) is 67.7. The lowest BCUT2D eigenvalue weighted by molar-refractivity contribution is 0.494. The van der Waals surface area contributed by atoms with E-state index < -0.39 is 23.8 Å². The van der Waals surface area contributed by atoms with Crippen LogP contribution >= 0.6 is 47.5 Å². The quantitative estimate of drug-likeness (QED) is 0.0755. The molecule has 58 heavy (non-hydrogen) atoms. The summed E-state index contributed by atoms with van der Waals surface area (Å²) in [4.78, 5) is 0. The van der Waals surface area contributed by atoms with Crippen LogP contribution in [0, 0.1) is 10.8 Å². The van der Waals surface area contributed by atoms with Gasteiger partial charge < -0.3 is 0 Å². The minimum atomic E-state index is -0.555. The highest BCUT2D eigenvalue weighted by atomic mass is 31.1. The molecule has 0 aliphatic rings. The van der Waals surface area contributed by atoms with E-state index in [4.69, 9.17) is 0 Å². The second-order valence-electron chi connectivity index (χ2n) is 17.1. The molecule has 6 aromatic rings. The van der Waals surface area contributed by atoms with E-state index in [1.165, 1.54) is 50.3 Å². The molecule has 0 heterocycles. The second kappa shape index (κ2) is 23.8. The molecule has 0 nitrogen and oxygen atoms in total. The van der Waals surface area contributed by atoms with Crippen molar-refractivity contribution in [2.45, 2.75) is 13.8 Å². The molecule has 6 rings (SSSR count). The molecule has 0 saturated carbocycles. The fraction of sp³-hybridized carbons (Fsp3) is 0.308. The summed E-state index contributed by atoms with van der Waals surface area (Å²) >= 11 is 0. The third-order valence-corrected chi connectivity index (χ3v) is 23.1. The zero-order valence-corrected chi connectivity index (χ0v) is 41.6. The van der Waals surface area contributed by atoms with Gasteiger partial charge in [0.1, 0.15) is 0 Å². The third kappa shape index (κ3) is 15.1. The van der Waals surface area contributed by atoms with Crippen LogP contribution in [0.2, 0.25) is 0 Å². The highest BCUT2D eigenvalue weighted by Gasteiger charge is 2.36. The van der Waals surface area contributed by atoms with Crippen LogP contribution in [0.25, 0.3) is 0 Å². The molecule has 0 N–H and O–H groups in total. The fourth-order valence-corrected chi connectivity index (χ4v) is 22.8. The summed E-state index contributed by atoms with van der Waals surface area (Å²) in [5.74, 6) is 0. The van der Waals surface area contributed by atoms with Gasteiger partial charge in [0, 0.05) is 0 Å². The first-order chi connectivity index (χ1) is 27.9. The third-order valence-electron chi connectivity index (χ3n) is 10.1. The molecule has 0 aliphatic carbocycles. The van der Waals surface area contributed by atoms with Crippen molar-refractivity contribution in [3.05, 3.63) is 182 Å². The van der Waals surface area contributed by atoms with Crippen LogP contribution in [0.1, 0.15) is 13.8 Å². The first-order valence-electron chi connectivity index (χ1n) is 20.5. The van der Waals surface area contributed by atoms with E-state index in [2.05, 4.69) is 236 Å². The predicted molar refractivity (Wildman–Crippen MR) is 279 cm³/mol. The van der Waals surface area contributed by atoms with Gasteiger partial charge in [0.2, 0.25) is 0 Å². The number of hydrogen-bond donors (Lipinski definition) is 0. The van der Waals surface area contributed by atoms with E-state index in [1.807, 2.05) is 0 Å². The lowest BCUT2D eigenvalue weighted by Gasteiger charge is -2.40. The van der Waals surface area contributed by atoms with Crippen molar-refractivity contribution >= 4 is 79.4 Å². The van der Waals surface area contributed by atoms with Gasteiger partial charge in [-0.2, -0.15) is 0 Å². The molecule has 0 atom stereocenters. The Kier molecular flexibility index (Phi) is 19.3. The molecule has 0 aromatic heterocycles. The van der Waals surface area contributed by atoms with Gasteiger partial charge in [0.05, 0.1) is 0 Å². The van der Waals surface area contributed by atoms with Crippen LogP contribution in [-0.4, -0.2) is 77.0 Å². The van der Waals surface area contributed by atoms with Gasteiger partial charge in [0.15, 0.2) is 0 Å². The van der Waals surface area contributed by atoms with Gasteiger partial charge in [-0.1, -0.05) is 196 Å². The zero-order chi connectivity index (χ0) is 41.4. The lowest BCUT2D eigenvalue weighted by atomic mass is 9.99. The van der Waals surface area contributed by atoms with Gasteiger partial charge in [-0.05, 0) is 143 Å². The number of hydrogen-bond acceptors (Lipinski definition) is 0. The Hall–Kier alpha value is -2.10. The SMILES string of the molecule is CC(CP(c1ccccc1)c1ccccc1)(CP(c1ccccc1)c1ccccc1)CP(c1ccccc1)c1ccccc1.CP(C)CC(C)(CP(C)C)CP(C)C. The van der Waals surface area contributed by atoms with E-state index >= 15 is 0 Å². The molecule has 0 fully saturated rings. The summed E-state index contributed by atoms with van der Waals surface area (Å²) < 4.78 is 0. The molecule has 0 aliphatic heterocycles. The molecular weight excluding hydrogens is 810 g/mol. The van der Waals surface area contributed by atoms with Crippen molar-refractivity contribution in [3.8, 4) is 0 Å². The summed E-state index contributed by atoms with van der Waals surface area (Å²) in [5.41, 5.74) is 0.728. The predicted octanol–water partition coefficient (Wildman–Crippen LogP) is 12.6. The van der Waals surface area contributed by atoms with Crippen LogP contribution in [0.3, 0.4) is 0 Å². The largest absolute Gasteiger partial charge is 0.113 e. The Morgan fingerprint density at radius 1 is 0.259 bits per heavy atom. The van der Waals surface area contributed by atoms with Crippen molar-refractivity contribution < 1.29 is 0 Å². The van der Waals surface area contributed by atoms with Crippen LogP contribution < -0.4 is 31.8 Å². The summed E-state index contributed by atoms with van der Waals surface area (Å²) in [6.07, 6.45) is 7.87. The molecule has 0 unspecified atom stereocenters. The van der Waals surface area contributed by atoms with Crippen LogP contribution in [0.4, 0.5) is 0 Å². The van der Waals surface area contributed by atoms with E-state index in [1.54, 1.807) is 0 Å². The maximum Gasteiger partial charge on any atom is -0.0184 e. The van der Waals surface area contributed by atoms with Crippen molar-refractivity contribution in [3.63, 3.8) is 0 Å². The van der Waals surface area contributed by atoms with Crippen molar-refractivity contribution in [2.24, 2.45) is 10.8 Å². The van der Waals surface area contributed by atoms with Gasteiger partial charge >= 0.3 is 0 Å². The second-order valence-corrected chi connectivity index (χ2v) is 31.1. The van der Waals surface area contributed by atoms with Gasteiger partial charge in [-0.3, -0.25) is 0 Å². The molecule has 6 heteroatoms. The molecule has 0 spiro atoms. The molecular formula is C52H66P6. The van der Waals surface area contributed by atoms with Crippen molar-refractivity contribution in [2.75, 3.05) is 77.0 Å². The topological polar surface area (TPSA) is 0 Å². The summed E-state index contributed by atoms with van der Waals surface area (Å²) in [6.45, 7) is 19.7. The fourth-order valence-electron chi connectivity index (χ4n) is 8.38. The van der Waals surface area contributed by atoms with Gasteiger partial charge in [-0.15, -0.1) is 23.8 Å². The Balaban J connectivity index is 0.000000392. The highest BCUT2D eigenvalue weighted by Crippen LogP contribution is 2.52. The maximum atomic E-state index is 2.61. The van der Waals surface area contributed by atoms with E-state index in [-0.39, 0.29) is 29.2 Å². The Morgan fingerprint density at radius 3 is 0.569 bits per heavy atom. The Morgan fingerprint density at radius 2 is 0.414 bits per heavy atom. The minimum Gasteiger partial charge on any atom is -0.113 e. The van der Waals surface area contributed by atoms with E-state index in [9.17, 15) is 0 Å². The van der Waals surface area contributed by atoms with Crippen molar-refractivity contribution in [1.29, 1.82) is 0 Å². The Bertz CT molecular complexity index is 1640. The number of benzene rings is 6. The van der Waals surface area contributed by atoms with Crippen LogP contribution in [0.15, 0.2) is 182 Å². The molecule has 0 radical (unpaired) electrons. The highest BCUT2D eigenvalue weighted by molar-refractivity contribution is 7.75. The monoisotopic (exact) mass is 876 g/mol. The van der Waals surface area contributed by atoms with Crippen LogP contribution in [-0.2, 0) is 0 Å². The zero-order valence-electron chi connectivity index (χ0n) is 36.2. The van der Waals surface area contributed by atoms with Crippen molar-refractivity contribution in [1.82, 2.24) is 0 Å². The average molecular weight is 877 g/mol. The first-order valence-corrected chi connectivity index (χ1v) is 32.4. The summed E-state index contributed by atoms with van der Waals surface area (Å²) in [7, 11) is -0.851. The van der Waals surface area contributed by atoms with E-state index in [0.29, 0.717) is 5.41 Å². The maximum absolute atomic E-state index is 2.61. The molecule has 0 bridgehead atoms. The summed E-state index contributed by atoms with van der Waals surface area (Å²) in [5, 5.41) is 8.79. The number of rotatable bonds is 18. The molecule has 304 valence electrons. The molecule has 0 saturated heterocycles. The molecule has 0 amide bonds. The smallest absolute Gasteiger partial charge is 0.0184 e. The van der Waals surface area contributed by atoms with Gasteiger partial charge in [0.25, 0.3) is 0 Å².